The number of hydrogen-bond acceptors (Lipinski definition) is 6. The minimum atomic E-state index is -0.550. The second-order valence-electron chi connectivity index (χ2n) is 8.93. The van der Waals surface area contributed by atoms with E-state index < -0.39 is 6.10 Å². The molecule has 31 heavy (non-hydrogen) atoms. The molecule has 2 aliphatic heterocycles. The molecule has 2 N–H and O–H groups in total. The lowest BCUT2D eigenvalue weighted by Crippen LogP contribution is -2.42. The van der Waals surface area contributed by atoms with Crippen LogP contribution in [0.25, 0.3) is 0 Å². The first-order chi connectivity index (χ1) is 14.5. The van der Waals surface area contributed by atoms with E-state index in [1.165, 1.54) is 7.11 Å². The molecular weight excluding hydrogens is 420 g/mol. The lowest BCUT2D eigenvalue weighted by Gasteiger charge is -2.35. The Bertz CT molecular complexity index is 753. The van der Waals surface area contributed by atoms with Crippen molar-refractivity contribution in [3.8, 4) is 5.75 Å². The number of ether oxygens (including phenoxy) is 2. The number of carbonyl (C=O) groups is 2. The Morgan fingerprint density at radius 1 is 1.10 bits per heavy atom. The fraction of sp³-hybridized carbons (Fsp3) is 0.652. The second kappa shape index (κ2) is 10.7. The van der Waals surface area contributed by atoms with Gasteiger partial charge in [0.25, 0.3) is 0 Å². The molecule has 4 rings (SSSR count). The molecule has 8 heteroatoms. The molecule has 1 aromatic carbocycles. The lowest BCUT2D eigenvalue weighted by atomic mass is 9.78. The topological polar surface area (TPSA) is 88.1 Å². The van der Waals surface area contributed by atoms with Gasteiger partial charge in [-0.2, -0.15) is 0 Å². The van der Waals surface area contributed by atoms with E-state index >= 15 is 0 Å². The number of esters is 1. The SMILES string of the molecule is COC(=O)c1ccc(O[C@@H]2C[C@@H]3CN(C(=O)CC4CCNCC4)C[C@@H]3C[C@H]2O)cc1.Cl. The number of amides is 1. The molecule has 1 saturated carbocycles. The molecule has 3 aliphatic rings. The van der Waals surface area contributed by atoms with Crippen LogP contribution in [0.5, 0.6) is 5.75 Å². The molecule has 1 aromatic rings. The number of likely N-dealkylation sites (tertiary alicyclic amines) is 1. The highest BCUT2D eigenvalue weighted by Crippen LogP contribution is 2.38. The van der Waals surface area contributed by atoms with Crippen molar-refractivity contribution in [3.63, 3.8) is 0 Å². The molecule has 1 amide bonds. The Labute approximate surface area is 189 Å². The van der Waals surface area contributed by atoms with Crippen LogP contribution in [0, 0.1) is 17.8 Å². The van der Waals surface area contributed by atoms with E-state index in [0.29, 0.717) is 41.9 Å². The second-order valence-corrected chi connectivity index (χ2v) is 8.93. The van der Waals surface area contributed by atoms with Crippen molar-refractivity contribution >= 4 is 24.3 Å². The van der Waals surface area contributed by atoms with Gasteiger partial charge in [0, 0.05) is 19.5 Å². The minimum Gasteiger partial charge on any atom is -0.488 e. The van der Waals surface area contributed by atoms with Crippen molar-refractivity contribution < 1.29 is 24.2 Å². The fourth-order valence-corrected chi connectivity index (χ4v) is 5.14. The van der Waals surface area contributed by atoms with Crippen LogP contribution in [0.2, 0.25) is 0 Å². The van der Waals surface area contributed by atoms with Crippen LogP contribution in [-0.2, 0) is 9.53 Å². The number of hydrogen-bond donors (Lipinski definition) is 2. The van der Waals surface area contributed by atoms with E-state index in [1.807, 2.05) is 4.90 Å². The first kappa shape index (κ1) is 23.8. The van der Waals surface area contributed by atoms with Crippen LogP contribution >= 0.6 is 12.4 Å². The molecule has 2 saturated heterocycles. The highest BCUT2D eigenvalue weighted by molar-refractivity contribution is 5.89. The van der Waals surface area contributed by atoms with E-state index in [1.54, 1.807) is 24.3 Å². The summed E-state index contributed by atoms with van der Waals surface area (Å²) in [6.45, 7) is 3.54. The van der Waals surface area contributed by atoms with Gasteiger partial charge in [-0.15, -0.1) is 12.4 Å². The van der Waals surface area contributed by atoms with Gasteiger partial charge in [0.2, 0.25) is 5.91 Å². The summed E-state index contributed by atoms with van der Waals surface area (Å²) >= 11 is 0. The number of piperidine rings is 1. The number of aliphatic hydroxyl groups excluding tert-OH is 1. The Morgan fingerprint density at radius 2 is 1.74 bits per heavy atom. The first-order valence-electron chi connectivity index (χ1n) is 11.0. The largest absolute Gasteiger partial charge is 0.488 e. The summed E-state index contributed by atoms with van der Waals surface area (Å²) in [4.78, 5) is 26.4. The van der Waals surface area contributed by atoms with Crippen molar-refractivity contribution in [1.29, 1.82) is 0 Å². The molecule has 7 nitrogen and oxygen atoms in total. The van der Waals surface area contributed by atoms with Gasteiger partial charge in [-0.3, -0.25) is 4.79 Å². The predicted octanol–water partition coefficient (Wildman–Crippen LogP) is 2.26. The summed E-state index contributed by atoms with van der Waals surface area (Å²) in [7, 11) is 1.35. The standard InChI is InChI=1S/C23H32N2O5.ClH/c1-29-23(28)16-2-4-19(5-3-16)30-21-12-18-14-25(13-17(18)11-20(21)26)22(27)10-15-6-8-24-9-7-15;/h2-5,15,17-18,20-21,24,26H,6-14H2,1H3;1H/t17-,18+,20+,21+;/m0./s1. The number of methoxy groups -OCH3 is 1. The minimum absolute atomic E-state index is 0. The van der Waals surface area contributed by atoms with Crippen molar-refractivity contribution in [2.45, 2.75) is 44.3 Å². The van der Waals surface area contributed by atoms with Gasteiger partial charge in [0.1, 0.15) is 11.9 Å². The van der Waals surface area contributed by atoms with Crippen molar-refractivity contribution in [1.82, 2.24) is 10.2 Å². The maximum Gasteiger partial charge on any atom is 0.337 e. The van der Waals surface area contributed by atoms with E-state index in [2.05, 4.69) is 5.32 Å². The van der Waals surface area contributed by atoms with Gasteiger partial charge in [-0.1, -0.05) is 0 Å². The molecule has 172 valence electrons. The van der Waals surface area contributed by atoms with Gasteiger partial charge < -0.3 is 24.8 Å². The zero-order chi connectivity index (χ0) is 21.1. The van der Waals surface area contributed by atoms with Crippen LogP contribution < -0.4 is 10.1 Å². The molecule has 0 spiro atoms. The third kappa shape index (κ3) is 5.70. The Morgan fingerprint density at radius 3 is 2.39 bits per heavy atom. The van der Waals surface area contributed by atoms with Gasteiger partial charge in [0.15, 0.2) is 0 Å². The number of halogens is 1. The predicted molar refractivity (Wildman–Crippen MR) is 118 cm³/mol. The monoisotopic (exact) mass is 452 g/mol. The molecule has 0 unspecified atom stereocenters. The summed E-state index contributed by atoms with van der Waals surface area (Å²) in [6.07, 6.45) is 3.36. The van der Waals surface area contributed by atoms with Crippen molar-refractivity contribution in [3.05, 3.63) is 29.8 Å². The number of rotatable bonds is 5. The molecule has 1 aliphatic carbocycles. The summed E-state index contributed by atoms with van der Waals surface area (Å²) in [6, 6.07) is 6.79. The average molecular weight is 453 g/mol. The van der Waals surface area contributed by atoms with E-state index in [0.717, 1.165) is 45.4 Å². The summed E-state index contributed by atoms with van der Waals surface area (Å²) < 4.78 is 10.8. The van der Waals surface area contributed by atoms with Crippen LogP contribution in [0.1, 0.15) is 42.5 Å². The van der Waals surface area contributed by atoms with Crippen LogP contribution in [0.4, 0.5) is 0 Å². The quantitative estimate of drug-likeness (QED) is 0.666. The number of nitrogens with one attached hydrogen (secondary N) is 1. The molecule has 2 heterocycles. The number of nitrogens with zero attached hydrogens (tertiary/aromatic N) is 1. The molecule has 0 radical (unpaired) electrons. The third-order valence-electron chi connectivity index (χ3n) is 6.92. The molecule has 3 fully saturated rings. The van der Waals surface area contributed by atoms with Crippen LogP contribution in [0.15, 0.2) is 24.3 Å². The van der Waals surface area contributed by atoms with Crippen molar-refractivity contribution in [2.75, 3.05) is 33.3 Å². The maximum atomic E-state index is 12.8. The first-order valence-corrected chi connectivity index (χ1v) is 11.0. The average Bonchev–Trinajstić information content (AvgIpc) is 3.17. The maximum absolute atomic E-state index is 12.8. The van der Waals surface area contributed by atoms with Gasteiger partial charge in [-0.05, 0) is 80.8 Å². The number of benzene rings is 1. The molecular formula is C23H33ClN2O5. The number of aliphatic hydroxyl groups is 1. The zero-order valence-electron chi connectivity index (χ0n) is 18.0. The Kier molecular flexibility index (Phi) is 8.19. The molecule has 0 aromatic heterocycles. The van der Waals surface area contributed by atoms with Crippen molar-refractivity contribution in [2.24, 2.45) is 17.8 Å². The molecule has 0 bridgehead atoms. The Balaban J connectivity index is 0.00000272. The zero-order valence-corrected chi connectivity index (χ0v) is 18.8. The smallest absolute Gasteiger partial charge is 0.337 e. The van der Waals surface area contributed by atoms with E-state index in [-0.39, 0.29) is 30.4 Å². The molecule has 4 atom stereocenters. The van der Waals surface area contributed by atoms with Gasteiger partial charge >= 0.3 is 5.97 Å². The van der Waals surface area contributed by atoms with Gasteiger partial charge in [0.05, 0.1) is 18.8 Å². The Hall–Kier alpha value is -1.83. The lowest BCUT2D eigenvalue weighted by molar-refractivity contribution is -0.131. The highest BCUT2D eigenvalue weighted by atomic mass is 35.5. The van der Waals surface area contributed by atoms with E-state index in [9.17, 15) is 14.7 Å². The number of fused-ring (bicyclic) bond motifs is 1. The van der Waals surface area contributed by atoms with Gasteiger partial charge in [-0.25, -0.2) is 4.79 Å². The summed E-state index contributed by atoms with van der Waals surface area (Å²) in [5, 5.41) is 14.0. The number of carbonyl (C=O) groups excluding carboxylic acids is 2. The van der Waals surface area contributed by atoms with E-state index in [4.69, 9.17) is 9.47 Å². The third-order valence-corrected chi connectivity index (χ3v) is 6.92. The van der Waals surface area contributed by atoms with Crippen LogP contribution in [0.3, 0.4) is 0 Å². The van der Waals surface area contributed by atoms with Crippen LogP contribution in [-0.4, -0.2) is 67.4 Å². The highest BCUT2D eigenvalue weighted by Gasteiger charge is 2.44. The fourth-order valence-electron chi connectivity index (χ4n) is 5.14. The normalized spacial score (nSPS) is 28.4. The summed E-state index contributed by atoms with van der Waals surface area (Å²) in [5.41, 5.74) is 0.466. The summed E-state index contributed by atoms with van der Waals surface area (Å²) in [5.74, 6) is 1.71.